The highest BCUT2D eigenvalue weighted by molar-refractivity contribution is 7.80. The van der Waals surface area contributed by atoms with Gasteiger partial charge in [0.1, 0.15) is 0 Å². The molecule has 0 aliphatic carbocycles. The van der Waals surface area contributed by atoms with Gasteiger partial charge in [0.05, 0.1) is 17.6 Å². The first-order chi connectivity index (χ1) is 7.34. The molecule has 4 nitrogen and oxygen atoms in total. The molecule has 15 heavy (non-hydrogen) atoms. The van der Waals surface area contributed by atoms with E-state index in [0.29, 0.717) is 5.11 Å². The summed E-state index contributed by atoms with van der Waals surface area (Å²) in [5.41, 5.74) is 1.79. The van der Waals surface area contributed by atoms with Gasteiger partial charge in [-0.3, -0.25) is 4.98 Å². The van der Waals surface area contributed by atoms with E-state index in [1.165, 1.54) is 0 Å². The first kappa shape index (κ1) is 9.67. The van der Waals surface area contributed by atoms with Gasteiger partial charge in [-0.05, 0) is 30.4 Å². The Balaban J connectivity index is 1.94. The third-order valence-electron chi connectivity index (χ3n) is 1.78. The highest BCUT2D eigenvalue weighted by Crippen LogP contribution is 2.06. The van der Waals surface area contributed by atoms with Gasteiger partial charge in [-0.15, -0.1) is 0 Å². The van der Waals surface area contributed by atoms with Crippen LogP contribution in [-0.4, -0.2) is 15.1 Å². The van der Waals surface area contributed by atoms with Gasteiger partial charge in [-0.1, -0.05) is 0 Å². The maximum absolute atomic E-state index is 5.12. The first-order valence-corrected chi connectivity index (χ1v) is 4.86. The van der Waals surface area contributed by atoms with Gasteiger partial charge >= 0.3 is 0 Å². The van der Waals surface area contributed by atoms with Crippen molar-refractivity contribution in [2.75, 3.05) is 10.6 Å². The summed E-state index contributed by atoms with van der Waals surface area (Å²) < 4.78 is 0. The largest absolute Gasteiger partial charge is 0.366 e. The second kappa shape index (κ2) is 4.56. The highest BCUT2D eigenvalue weighted by atomic mass is 32.1. The van der Waals surface area contributed by atoms with Gasteiger partial charge in [0, 0.05) is 18.6 Å². The Hall–Kier alpha value is -1.88. The molecule has 2 rings (SSSR count). The van der Waals surface area contributed by atoms with Crippen LogP contribution in [0.1, 0.15) is 0 Å². The topological polar surface area (TPSA) is 52.7 Å². The lowest BCUT2D eigenvalue weighted by atomic mass is 10.4. The summed E-state index contributed by atoms with van der Waals surface area (Å²) in [6, 6.07) is 5.65. The molecule has 0 unspecified atom stereocenters. The number of rotatable bonds is 2. The number of aromatic nitrogens is 2. The number of anilines is 2. The standard InChI is InChI=1S/C10H10N4S/c15-10(14-9-3-5-12-7-9)13-8-2-1-4-11-6-8/h1-7,12H,(H2,13,14,15). The van der Waals surface area contributed by atoms with Crippen molar-refractivity contribution in [3.63, 3.8) is 0 Å². The van der Waals surface area contributed by atoms with Crippen molar-refractivity contribution < 1.29 is 0 Å². The SMILES string of the molecule is S=C(Nc1cccnc1)Nc1cc[nH]c1. The number of thiocarbonyl (C=S) groups is 1. The van der Waals surface area contributed by atoms with Crippen LogP contribution in [0, 0.1) is 0 Å². The van der Waals surface area contributed by atoms with Crippen LogP contribution in [0.5, 0.6) is 0 Å². The average molecular weight is 218 g/mol. The first-order valence-electron chi connectivity index (χ1n) is 4.45. The number of hydrogen-bond donors (Lipinski definition) is 3. The van der Waals surface area contributed by atoms with E-state index in [9.17, 15) is 0 Å². The molecule has 0 aliphatic heterocycles. The quantitative estimate of drug-likeness (QED) is 0.676. The molecule has 2 heterocycles. The lowest BCUT2D eigenvalue weighted by Crippen LogP contribution is -2.18. The second-order valence-corrected chi connectivity index (χ2v) is 3.33. The van der Waals surface area contributed by atoms with Crippen LogP contribution in [-0.2, 0) is 0 Å². The fourth-order valence-corrected chi connectivity index (χ4v) is 1.37. The number of H-pyrrole nitrogens is 1. The van der Waals surface area contributed by atoms with Gasteiger partial charge < -0.3 is 15.6 Å². The average Bonchev–Trinajstić information content (AvgIpc) is 2.71. The minimum absolute atomic E-state index is 0.544. The molecule has 0 fully saturated rings. The molecular weight excluding hydrogens is 208 g/mol. The highest BCUT2D eigenvalue weighted by Gasteiger charge is 1.97. The minimum Gasteiger partial charge on any atom is -0.366 e. The van der Waals surface area contributed by atoms with Gasteiger partial charge in [0.15, 0.2) is 5.11 Å². The zero-order valence-electron chi connectivity index (χ0n) is 7.90. The van der Waals surface area contributed by atoms with Crippen LogP contribution in [0.4, 0.5) is 11.4 Å². The van der Waals surface area contributed by atoms with Crippen LogP contribution in [0.3, 0.4) is 0 Å². The Labute approximate surface area is 92.7 Å². The van der Waals surface area contributed by atoms with Crippen molar-refractivity contribution >= 4 is 28.7 Å². The minimum atomic E-state index is 0.544. The molecule has 5 heteroatoms. The van der Waals surface area contributed by atoms with E-state index in [0.717, 1.165) is 11.4 Å². The monoisotopic (exact) mass is 218 g/mol. The number of hydrogen-bond acceptors (Lipinski definition) is 2. The molecule has 0 bridgehead atoms. The van der Waals surface area contributed by atoms with E-state index in [2.05, 4.69) is 20.6 Å². The molecule has 3 N–H and O–H groups in total. The Kier molecular flexibility index (Phi) is 2.94. The van der Waals surface area contributed by atoms with E-state index in [4.69, 9.17) is 12.2 Å². The molecule has 2 aromatic rings. The number of nitrogens with zero attached hydrogens (tertiary/aromatic N) is 1. The fourth-order valence-electron chi connectivity index (χ4n) is 1.13. The molecule has 0 saturated heterocycles. The summed E-state index contributed by atoms with van der Waals surface area (Å²) in [4.78, 5) is 6.92. The molecule has 0 saturated carbocycles. The van der Waals surface area contributed by atoms with Gasteiger partial charge in [0.2, 0.25) is 0 Å². The van der Waals surface area contributed by atoms with Crippen molar-refractivity contribution in [2.45, 2.75) is 0 Å². The fraction of sp³-hybridized carbons (Fsp3) is 0. The van der Waals surface area contributed by atoms with Crippen molar-refractivity contribution in [1.82, 2.24) is 9.97 Å². The van der Waals surface area contributed by atoms with Gasteiger partial charge in [-0.2, -0.15) is 0 Å². The Bertz CT molecular complexity index is 424. The smallest absolute Gasteiger partial charge is 0.175 e. The lowest BCUT2D eigenvalue weighted by Gasteiger charge is -2.07. The van der Waals surface area contributed by atoms with E-state index < -0.39 is 0 Å². The summed E-state index contributed by atoms with van der Waals surface area (Å²) in [5.74, 6) is 0. The summed E-state index contributed by atoms with van der Waals surface area (Å²) in [6.45, 7) is 0. The number of aromatic amines is 1. The van der Waals surface area contributed by atoms with Crippen LogP contribution >= 0.6 is 12.2 Å². The predicted octanol–water partition coefficient (Wildman–Crippen LogP) is 2.22. The Morgan fingerprint density at radius 3 is 2.80 bits per heavy atom. The molecule has 0 radical (unpaired) electrons. The maximum Gasteiger partial charge on any atom is 0.175 e. The molecule has 2 aromatic heterocycles. The van der Waals surface area contributed by atoms with Gasteiger partial charge in [-0.25, -0.2) is 0 Å². The third-order valence-corrected chi connectivity index (χ3v) is 1.98. The Morgan fingerprint density at radius 2 is 2.13 bits per heavy atom. The number of pyridine rings is 1. The summed E-state index contributed by atoms with van der Waals surface area (Å²) in [5, 5.41) is 6.60. The van der Waals surface area contributed by atoms with Crippen molar-refractivity contribution in [3.05, 3.63) is 43.0 Å². The van der Waals surface area contributed by atoms with E-state index in [-0.39, 0.29) is 0 Å². The van der Waals surface area contributed by atoms with Crippen LogP contribution in [0.15, 0.2) is 43.0 Å². The normalized spacial score (nSPS) is 9.60. The Morgan fingerprint density at radius 1 is 1.27 bits per heavy atom. The van der Waals surface area contributed by atoms with Crippen LogP contribution < -0.4 is 10.6 Å². The van der Waals surface area contributed by atoms with Crippen LogP contribution in [0.2, 0.25) is 0 Å². The van der Waals surface area contributed by atoms with E-state index in [1.807, 2.05) is 30.6 Å². The van der Waals surface area contributed by atoms with E-state index in [1.54, 1.807) is 12.4 Å². The van der Waals surface area contributed by atoms with Crippen LogP contribution in [0.25, 0.3) is 0 Å². The molecule has 0 aromatic carbocycles. The third kappa shape index (κ3) is 2.78. The second-order valence-electron chi connectivity index (χ2n) is 2.92. The molecule has 0 aliphatic rings. The maximum atomic E-state index is 5.12. The summed E-state index contributed by atoms with van der Waals surface area (Å²) in [6.07, 6.45) is 7.09. The predicted molar refractivity (Wildman–Crippen MR) is 64.9 cm³/mol. The zero-order chi connectivity index (χ0) is 10.5. The summed E-state index contributed by atoms with van der Waals surface area (Å²) >= 11 is 5.12. The molecule has 0 atom stereocenters. The molecule has 0 spiro atoms. The molecular formula is C10H10N4S. The molecule has 76 valence electrons. The van der Waals surface area contributed by atoms with Gasteiger partial charge in [0.25, 0.3) is 0 Å². The summed E-state index contributed by atoms with van der Waals surface area (Å²) in [7, 11) is 0. The molecule has 0 amide bonds. The van der Waals surface area contributed by atoms with Crippen molar-refractivity contribution in [3.8, 4) is 0 Å². The number of nitrogens with one attached hydrogen (secondary N) is 3. The van der Waals surface area contributed by atoms with Crippen molar-refractivity contribution in [2.24, 2.45) is 0 Å². The van der Waals surface area contributed by atoms with Crippen molar-refractivity contribution in [1.29, 1.82) is 0 Å². The zero-order valence-corrected chi connectivity index (χ0v) is 8.71. The lowest BCUT2D eigenvalue weighted by molar-refractivity contribution is 1.33. The van der Waals surface area contributed by atoms with E-state index >= 15 is 0 Å².